The van der Waals surface area contributed by atoms with E-state index in [1.807, 2.05) is 48.5 Å². The van der Waals surface area contributed by atoms with Crippen molar-refractivity contribution >= 4 is 23.0 Å². The molecule has 150 valence electrons. The summed E-state index contributed by atoms with van der Waals surface area (Å²) in [5.74, 6) is 1.02. The Morgan fingerprint density at radius 2 is 1.21 bits per heavy atom. The van der Waals surface area contributed by atoms with E-state index in [0.29, 0.717) is 28.5 Å². The zero-order chi connectivity index (χ0) is 20.8. The third kappa shape index (κ3) is 4.79. The van der Waals surface area contributed by atoms with Crippen LogP contribution in [0.25, 0.3) is 0 Å². The summed E-state index contributed by atoms with van der Waals surface area (Å²) in [4.78, 5) is 12.7. The number of aryl methyl sites for hydroxylation is 1. The van der Waals surface area contributed by atoms with Crippen LogP contribution in [0.3, 0.4) is 0 Å². The zero-order valence-electron chi connectivity index (χ0n) is 16.9. The lowest BCUT2D eigenvalue weighted by Gasteiger charge is -2.14. The Morgan fingerprint density at radius 3 is 1.69 bits per heavy atom. The summed E-state index contributed by atoms with van der Waals surface area (Å²) < 4.78 is 15.9. The molecular formula is C23H24N2O4. The van der Waals surface area contributed by atoms with Crippen LogP contribution in [0, 0.1) is 6.92 Å². The third-order valence-corrected chi connectivity index (χ3v) is 4.41. The summed E-state index contributed by atoms with van der Waals surface area (Å²) in [6.07, 6.45) is 0. The Hall–Kier alpha value is -3.67. The fraction of sp³-hybridized carbons (Fsp3) is 0.174. The second-order valence-electron chi connectivity index (χ2n) is 6.44. The summed E-state index contributed by atoms with van der Waals surface area (Å²) in [7, 11) is 4.55. The van der Waals surface area contributed by atoms with Gasteiger partial charge in [-0.2, -0.15) is 0 Å². The number of amides is 1. The van der Waals surface area contributed by atoms with Gasteiger partial charge in [0, 0.05) is 22.6 Å². The fourth-order valence-electron chi connectivity index (χ4n) is 2.86. The molecule has 1 amide bonds. The van der Waals surface area contributed by atoms with Gasteiger partial charge in [0.05, 0.1) is 21.3 Å². The maximum atomic E-state index is 12.7. The first kappa shape index (κ1) is 20.1. The number of methoxy groups -OCH3 is 3. The van der Waals surface area contributed by atoms with Crippen LogP contribution in [0.2, 0.25) is 0 Å². The van der Waals surface area contributed by atoms with Crippen molar-refractivity contribution in [2.45, 2.75) is 6.92 Å². The van der Waals surface area contributed by atoms with Gasteiger partial charge in [-0.15, -0.1) is 0 Å². The minimum absolute atomic E-state index is 0.275. The number of rotatable bonds is 7. The number of hydrogen-bond acceptors (Lipinski definition) is 5. The molecule has 0 fully saturated rings. The minimum Gasteiger partial charge on any atom is -0.493 e. The van der Waals surface area contributed by atoms with Crippen molar-refractivity contribution in [2.24, 2.45) is 0 Å². The molecule has 0 spiro atoms. The molecule has 6 nitrogen and oxygen atoms in total. The highest BCUT2D eigenvalue weighted by atomic mass is 16.5. The molecule has 6 heteroatoms. The van der Waals surface area contributed by atoms with Gasteiger partial charge < -0.3 is 24.8 Å². The molecule has 0 heterocycles. The minimum atomic E-state index is -0.275. The number of ether oxygens (including phenoxy) is 3. The van der Waals surface area contributed by atoms with Gasteiger partial charge in [0.25, 0.3) is 5.91 Å². The SMILES string of the molecule is COc1cc(C(=O)Nc2ccc(Nc3ccc(C)cc3)cc2)cc(OC)c1OC. The molecule has 3 aromatic carbocycles. The summed E-state index contributed by atoms with van der Waals surface area (Å²) in [5.41, 5.74) is 4.23. The Labute approximate surface area is 170 Å². The first-order valence-corrected chi connectivity index (χ1v) is 9.09. The van der Waals surface area contributed by atoms with Crippen LogP contribution in [0.4, 0.5) is 17.1 Å². The molecule has 0 saturated heterocycles. The number of carbonyl (C=O) groups excluding carboxylic acids is 1. The van der Waals surface area contributed by atoms with E-state index in [2.05, 4.69) is 17.6 Å². The van der Waals surface area contributed by atoms with Crippen molar-refractivity contribution in [1.82, 2.24) is 0 Å². The smallest absolute Gasteiger partial charge is 0.255 e. The molecule has 0 aliphatic rings. The van der Waals surface area contributed by atoms with Crippen molar-refractivity contribution in [3.8, 4) is 17.2 Å². The van der Waals surface area contributed by atoms with E-state index in [1.165, 1.54) is 26.9 Å². The second-order valence-corrected chi connectivity index (χ2v) is 6.44. The maximum absolute atomic E-state index is 12.7. The van der Waals surface area contributed by atoms with Gasteiger partial charge in [0.2, 0.25) is 5.75 Å². The highest BCUT2D eigenvalue weighted by molar-refractivity contribution is 6.05. The van der Waals surface area contributed by atoms with Crippen LogP contribution in [0.5, 0.6) is 17.2 Å². The van der Waals surface area contributed by atoms with E-state index < -0.39 is 0 Å². The van der Waals surface area contributed by atoms with Crippen molar-refractivity contribution in [3.05, 3.63) is 71.8 Å². The summed E-state index contributed by atoms with van der Waals surface area (Å²) in [6, 6.07) is 18.9. The molecule has 0 saturated carbocycles. The highest BCUT2D eigenvalue weighted by Gasteiger charge is 2.17. The number of nitrogens with one attached hydrogen (secondary N) is 2. The van der Waals surface area contributed by atoms with Crippen molar-refractivity contribution < 1.29 is 19.0 Å². The quantitative estimate of drug-likeness (QED) is 0.591. The molecule has 0 aliphatic heterocycles. The van der Waals surface area contributed by atoms with Gasteiger partial charge in [0.15, 0.2) is 11.5 Å². The van der Waals surface area contributed by atoms with Gasteiger partial charge in [-0.1, -0.05) is 17.7 Å². The zero-order valence-corrected chi connectivity index (χ0v) is 16.9. The van der Waals surface area contributed by atoms with Crippen LogP contribution < -0.4 is 24.8 Å². The van der Waals surface area contributed by atoms with Crippen molar-refractivity contribution in [3.63, 3.8) is 0 Å². The second kappa shape index (κ2) is 9.01. The number of anilines is 3. The van der Waals surface area contributed by atoms with Gasteiger partial charge in [-0.25, -0.2) is 0 Å². The lowest BCUT2D eigenvalue weighted by atomic mass is 10.1. The standard InChI is InChI=1S/C23H24N2O4/c1-15-5-7-17(8-6-15)24-18-9-11-19(12-10-18)25-23(26)16-13-20(27-2)22(29-4)21(14-16)28-3/h5-14,24H,1-4H3,(H,25,26). The van der Waals surface area contributed by atoms with E-state index in [-0.39, 0.29) is 5.91 Å². The largest absolute Gasteiger partial charge is 0.493 e. The van der Waals surface area contributed by atoms with Gasteiger partial charge in [-0.05, 0) is 55.5 Å². The summed E-state index contributed by atoms with van der Waals surface area (Å²) >= 11 is 0. The number of hydrogen-bond donors (Lipinski definition) is 2. The van der Waals surface area contributed by atoms with E-state index in [9.17, 15) is 4.79 Å². The Bertz CT molecular complexity index is 958. The molecule has 0 aromatic heterocycles. The van der Waals surface area contributed by atoms with Crippen molar-refractivity contribution in [2.75, 3.05) is 32.0 Å². The van der Waals surface area contributed by atoms with Gasteiger partial charge >= 0.3 is 0 Å². The average molecular weight is 392 g/mol. The molecule has 0 unspecified atom stereocenters. The van der Waals surface area contributed by atoms with Crippen LogP contribution in [0.1, 0.15) is 15.9 Å². The predicted molar refractivity (Wildman–Crippen MR) is 115 cm³/mol. The molecule has 3 rings (SSSR count). The average Bonchev–Trinajstić information content (AvgIpc) is 2.75. The first-order chi connectivity index (χ1) is 14.0. The van der Waals surface area contributed by atoms with E-state index in [4.69, 9.17) is 14.2 Å². The molecule has 2 N–H and O–H groups in total. The Kier molecular flexibility index (Phi) is 6.24. The molecule has 3 aromatic rings. The van der Waals surface area contributed by atoms with Crippen molar-refractivity contribution in [1.29, 1.82) is 0 Å². The monoisotopic (exact) mass is 392 g/mol. The van der Waals surface area contributed by atoms with Gasteiger partial charge in [0.1, 0.15) is 0 Å². The number of benzene rings is 3. The van der Waals surface area contributed by atoms with Crippen LogP contribution in [-0.2, 0) is 0 Å². The topological polar surface area (TPSA) is 68.8 Å². The lowest BCUT2D eigenvalue weighted by molar-refractivity contribution is 0.102. The Balaban J connectivity index is 1.73. The summed E-state index contributed by atoms with van der Waals surface area (Å²) in [6.45, 7) is 2.05. The van der Waals surface area contributed by atoms with E-state index >= 15 is 0 Å². The van der Waals surface area contributed by atoms with Crippen LogP contribution in [0.15, 0.2) is 60.7 Å². The maximum Gasteiger partial charge on any atom is 0.255 e. The molecule has 0 aliphatic carbocycles. The predicted octanol–water partition coefficient (Wildman–Crippen LogP) is 5.02. The normalized spacial score (nSPS) is 10.2. The Morgan fingerprint density at radius 1 is 0.724 bits per heavy atom. The van der Waals surface area contributed by atoms with Gasteiger partial charge in [-0.3, -0.25) is 4.79 Å². The van der Waals surface area contributed by atoms with Crippen LogP contribution in [-0.4, -0.2) is 27.2 Å². The summed E-state index contributed by atoms with van der Waals surface area (Å²) in [5, 5.41) is 6.20. The molecule has 29 heavy (non-hydrogen) atoms. The number of carbonyl (C=O) groups is 1. The lowest BCUT2D eigenvalue weighted by Crippen LogP contribution is -2.12. The third-order valence-electron chi connectivity index (χ3n) is 4.41. The van der Waals surface area contributed by atoms with E-state index in [1.54, 1.807) is 12.1 Å². The molecule has 0 atom stereocenters. The fourth-order valence-corrected chi connectivity index (χ4v) is 2.86. The molecular weight excluding hydrogens is 368 g/mol. The van der Waals surface area contributed by atoms with Crippen LogP contribution >= 0.6 is 0 Å². The molecule has 0 bridgehead atoms. The first-order valence-electron chi connectivity index (χ1n) is 9.09. The van der Waals surface area contributed by atoms with E-state index in [0.717, 1.165) is 11.4 Å². The highest BCUT2D eigenvalue weighted by Crippen LogP contribution is 2.38. The molecule has 0 radical (unpaired) electrons.